The van der Waals surface area contributed by atoms with Crippen LogP contribution in [0.5, 0.6) is 17.2 Å². The molecule has 0 bridgehead atoms. The molecule has 2 atom stereocenters. The first-order chi connectivity index (χ1) is 16.1. The highest BCUT2D eigenvalue weighted by atomic mass is 32.2. The van der Waals surface area contributed by atoms with Crippen molar-refractivity contribution in [2.45, 2.75) is 57.8 Å². The zero-order valence-corrected chi connectivity index (χ0v) is 21.1. The number of carbonyl (C=O) groups is 2. The van der Waals surface area contributed by atoms with Crippen LogP contribution in [0.15, 0.2) is 24.3 Å². The van der Waals surface area contributed by atoms with Crippen LogP contribution in [0.3, 0.4) is 0 Å². The molecule has 1 saturated heterocycles. The van der Waals surface area contributed by atoms with Gasteiger partial charge in [0.1, 0.15) is 29.5 Å². The molecule has 8 heteroatoms. The van der Waals surface area contributed by atoms with Gasteiger partial charge in [0.2, 0.25) is 5.91 Å². The van der Waals surface area contributed by atoms with Crippen molar-refractivity contribution in [3.05, 3.63) is 52.1 Å². The van der Waals surface area contributed by atoms with Gasteiger partial charge in [0.05, 0.1) is 5.25 Å². The summed E-state index contributed by atoms with van der Waals surface area (Å²) in [6, 6.07) is 7.62. The largest absolute Gasteiger partial charge is 0.507 e. The van der Waals surface area contributed by atoms with Crippen molar-refractivity contribution >= 4 is 22.9 Å². The van der Waals surface area contributed by atoms with Crippen molar-refractivity contribution in [3.8, 4) is 17.2 Å². The third-order valence-corrected chi connectivity index (χ3v) is 7.80. The van der Waals surface area contributed by atoms with Crippen LogP contribution in [0.4, 0.5) is 4.79 Å². The topological polar surface area (TPSA) is 96.9 Å². The number of thioether (sulfide) groups is 1. The highest BCUT2D eigenvalue weighted by Gasteiger charge is 2.43. The smallest absolute Gasteiger partial charge is 0.286 e. The van der Waals surface area contributed by atoms with Gasteiger partial charge in [-0.1, -0.05) is 23.9 Å². The summed E-state index contributed by atoms with van der Waals surface area (Å²) < 4.78 is 12.2. The normalized spacial score (nSPS) is 20.7. The molecule has 7 nitrogen and oxygen atoms in total. The van der Waals surface area contributed by atoms with Crippen LogP contribution in [-0.4, -0.2) is 46.8 Å². The maximum Gasteiger partial charge on any atom is 0.286 e. The maximum absolute atomic E-state index is 11.7. The molecule has 2 aromatic carbocycles. The summed E-state index contributed by atoms with van der Waals surface area (Å²) >= 11 is 1.04. The molecule has 0 saturated carbocycles. The molecular weight excluding hydrogens is 452 g/mol. The Hall–Kier alpha value is -2.71. The van der Waals surface area contributed by atoms with Gasteiger partial charge in [0, 0.05) is 24.6 Å². The van der Waals surface area contributed by atoms with E-state index in [-0.39, 0.29) is 27.9 Å². The molecule has 2 heterocycles. The SMILES string of the molecule is Cc1c(C)c2c(c(C)c1O)C(CNCCOc1ccc(CC3SC(=O)NC3=O)cc1)C(C)(C)O2. The van der Waals surface area contributed by atoms with E-state index in [1.54, 1.807) is 0 Å². The van der Waals surface area contributed by atoms with E-state index in [0.29, 0.717) is 31.9 Å². The second-order valence-corrected chi connectivity index (χ2v) is 10.7. The molecule has 0 aromatic heterocycles. The first kappa shape index (κ1) is 24.4. The van der Waals surface area contributed by atoms with Gasteiger partial charge in [-0.05, 0) is 75.4 Å². The Morgan fingerprint density at radius 2 is 1.82 bits per heavy atom. The van der Waals surface area contributed by atoms with Crippen molar-refractivity contribution in [1.82, 2.24) is 10.6 Å². The molecule has 2 amide bonds. The van der Waals surface area contributed by atoms with Gasteiger partial charge in [-0.15, -0.1) is 0 Å². The molecule has 0 spiro atoms. The summed E-state index contributed by atoms with van der Waals surface area (Å²) in [6.07, 6.45) is 0.513. The molecule has 2 aromatic rings. The zero-order chi connectivity index (χ0) is 24.6. The number of hydrogen-bond donors (Lipinski definition) is 3. The predicted molar refractivity (Wildman–Crippen MR) is 133 cm³/mol. The first-order valence-electron chi connectivity index (χ1n) is 11.5. The molecule has 34 heavy (non-hydrogen) atoms. The molecule has 0 radical (unpaired) electrons. The Morgan fingerprint density at radius 3 is 2.47 bits per heavy atom. The number of fused-ring (bicyclic) bond motifs is 1. The van der Waals surface area contributed by atoms with Crippen LogP contribution in [0, 0.1) is 20.8 Å². The fraction of sp³-hybridized carbons (Fsp3) is 0.462. The molecule has 2 aliphatic rings. The molecule has 2 unspecified atom stereocenters. The fourth-order valence-electron chi connectivity index (χ4n) is 4.66. The maximum atomic E-state index is 11.7. The monoisotopic (exact) mass is 484 g/mol. The number of phenolic OH excluding ortho intramolecular Hbond substituents is 1. The van der Waals surface area contributed by atoms with Crippen molar-refractivity contribution in [2.75, 3.05) is 19.7 Å². The highest BCUT2D eigenvalue weighted by Crippen LogP contribution is 2.51. The lowest BCUT2D eigenvalue weighted by molar-refractivity contribution is -0.118. The average molecular weight is 485 g/mol. The molecule has 1 fully saturated rings. The number of nitrogens with one attached hydrogen (secondary N) is 2. The number of amides is 2. The van der Waals surface area contributed by atoms with Gasteiger partial charge in [-0.25, -0.2) is 0 Å². The van der Waals surface area contributed by atoms with E-state index in [0.717, 1.165) is 51.1 Å². The van der Waals surface area contributed by atoms with Crippen LogP contribution in [0.1, 0.15) is 47.6 Å². The van der Waals surface area contributed by atoms with E-state index >= 15 is 0 Å². The van der Waals surface area contributed by atoms with Gasteiger partial charge in [-0.2, -0.15) is 0 Å². The number of aromatic hydroxyl groups is 1. The highest BCUT2D eigenvalue weighted by molar-refractivity contribution is 8.15. The number of benzene rings is 2. The Bertz CT molecular complexity index is 1110. The van der Waals surface area contributed by atoms with Crippen LogP contribution in [0.25, 0.3) is 0 Å². The number of carbonyl (C=O) groups excluding carboxylic acids is 2. The van der Waals surface area contributed by atoms with E-state index in [4.69, 9.17) is 9.47 Å². The summed E-state index contributed by atoms with van der Waals surface area (Å²) in [5.41, 5.74) is 4.47. The van der Waals surface area contributed by atoms with E-state index in [2.05, 4.69) is 24.5 Å². The molecule has 2 aliphatic heterocycles. The van der Waals surface area contributed by atoms with Crippen LogP contribution < -0.4 is 20.1 Å². The van der Waals surface area contributed by atoms with Gasteiger partial charge >= 0.3 is 0 Å². The van der Waals surface area contributed by atoms with E-state index < -0.39 is 0 Å². The van der Waals surface area contributed by atoms with E-state index in [9.17, 15) is 14.7 Å². The van der Waals surface area contributed by atoms with Gasteiger partial charge in [0.15, 0.2) is 0 Å². The Balaban J connectivity index is 1.28. The van der Waals surface area contributed by atoms with Gasteiger partial charge in [0.25, 0.3) is 5.24 Å². The molecule has 3 N–H and O–H groups in total. The summed E-state index contributed by atoms with van der Waals surface area (Å²) in [5.74, 6) is 1.90. The third-order valence-electron chi connectivity index (χ3n) is 6.82. The van der Waals surface area contributed by atoms with Crippen LogP contribution in [-0.2, 0) is 11.2 Å². The fourth-order valence-corrected chi connectivity index (χ4v) is 5.52. The van der Waals surface area contributed by atoms with Crippen LogP contribution in [0.2, 0.25) is 0 Å². The molecule has 182 valence electrons. The Kier molecular flexibility index (Phi) is 6.82. The molecule has 0 aliphatic carbocycles. The number of imide groups is 1. The van der Waals surface area contributed by atoms with E-state index in [1.807, 2.05) is 45.0 Å². The summed E-state index contributed by atoms with van der Waals surface area (Å²) in [7, 11) is 0. The summed E-state index contributed by atoms with van der Waals surface area (Å²) in [6.45, 7) is 12.0. The minimum Gasteiger partial charge on any atom is -0.507 e. The second-order valence-electron chi connectivity index (χ2n) is 9.51. The summed E-state index contributed by atoms with van der Waals surface area (Å²) in [5, 5.41) is 15.7. The minimum atomic E-state index is -0.374. The average Bonchev–Trinajstić information content (AvgIpc) is 3.25. The first-order valence-corrected chi connectivity index (χ1v) is 12.4. The van der Waals surface area contributed by atoms with Gasteiger partial charge in [-0.3, -0.25) is 14.9 Å². The van der Waals surface area contributed by atoms with E-state index in [1.165, 1.54) is 0 Å². The van der Waals surface area contributed by atoms with Crippen LogP contribution >= 0.6 is 11.8 Å². The number of hydrogen-bond acceptors (Lipinski definition) is 7. The lowest BCUT2D eigenvalue weighted by Gasteiger charge is -2.27. The number of rotatable bonds is 8. The van der Waals surface area contributed by atoms with Crippen molar-refractivity contribution in [2.24, 2.45) is 0 Å². The predicted octanol–water partition coefficient (Wildman–Crippen LogP) is 4.13. The lowest BCUT2D eigenvalue weighted by Crippen LogP contribution is -2.38. The summed E-state index contributed by atoms with van der Waals surface area (Å²) in [4.78, 5) is 23.0. The van der Waals surface area contributed by atoms with Crippen molar-refractivity contribution < 1.29 is 24.2 Å². The van der Waals surface area contributed by atoms with Crippen molar-refractivity contribution in [1.29, 1.82) is 0 Å². The minimum absolute atomic E-state index is 0.115. The standard InChI is InChI=1S/C26H32N2O5S/c1-14-15(2)23-21(16(3)22(14)29)19(26(4,5)33-23)13-27-10-11-32-18-8-6-17(7-9-18)12-20-24(30)28-25(31)34-20/h6-9,19-20,27,29H,10-13H2,1-5H3,(H,28,30,31). The third kappa shape index (κ3) is 4.74. The Morgan fingerprint density at radius 1 is 1.12 bits per heavy atom. The van der Waals surface area contributed by atoms with Gasteiger partial charge < -0.3 is 19.9 Å². The number of ether oxygens (including phenoxy) is 2. The Labute approximate surface area is 204 Å². The zero-order valence-electron chi connectivity index (χ0n) is 20.3. The molecule has 4 rings (SSSR count). The van der Waals surface area contributed by atoms with Crippen molar-refractivity contribution in [3.63, 3.8) is 0 Å². The lowest BCUT2D eigenvalue weighted by atomic mass is 9.83. The quantitative estimate of drug-likeness (QED) is 0.485. The second kappa shape index (κ2) is 9.50. The molecular formula is C26H32N2O5S. The number of phenols is 1.